The minimum Gasteiger partial charge on any atom is -0.466 e. The van der Waals surface area contributed by atoms with Crippen molar-refractivity contribution in [2.45, 2.75) is 495 Å². The van der Waals surface area contributed by atoms with E-state index in [4.69, 9.17) is 4.74 Å². The predicted octanol–water partition coefficient (Wildman–Crippen LogP) is 27.4. The first kappa shape index (κ1) is 87.6. The zero-order valence-electron chi connectivity index (χ0n) is 61.0. The maximum Gasteiger partial charge on any atom is 0.305 e. The third kappa shape index (κ3) is 75.5. The van der Waals surface area contributed by atoms with Gasteiger partial charge >= 0.3 is 5.97 Å². The molecule has 0 aliphatic rings. The lowest BCUT2D eigenvalue weighted by atomic mass is 10.0. The van der Waals surface area contributed by atoms with Crippen molar-refractivity contribution in [1.29, 1.82) is 0 Å². The van der Waals surface area contributed by atoms with Gasteiger partial charge in [-0.15, -0.1) is 0 Å². The summed E-state index contributed by atoms with van der Waals surface area (Å²) in [7, 11) is 0. The third-order valence-electron chi connectivity index (χ3n) is 19.8. The average molecular weight is 1260 g/mol. The minimum absolute atomic E-state index is 0.0256. The highest BCUT2D eigenvalue weighted by Crippen LogP contribution is 2.21. The van der Waals surface area contributed by atoms with Gasteiger partial charge in [0.15, 0.2) is 0 Å². The van der Waals surface area contributed by atoms with Gasteiger partial charge in [-0.2, -0.15) is 0 Å². The number of ether oxygens (including phenoxy) is 1. The largest absolute Gasteiger partial charge is 0.466 e. The molecule has 0 fully saturated rings. The molecule has 530 valence electrons. The molecule has 3 N–H and O–H groups in total. The molecule has 2 atom stereocenters. The second-order valence-electron chi connectivity index (χ2n) is 28.8. The van der Waals surface area contributed by atoms with Gasteiger partial charge < -0.3 is 20.3 Å². The van der Waals surface area contributed by atoms with Crippen LogP contribution in [-0.4, -0.2) is 47.4 Å². The van der Waals surface area contributed by atoms with Gasteiger partial charge in [-0.05, 0) is 51.4 Å². The summed E-state index contributed by atoms with van der Waals surface area (Å²) in [6.07, 6.45) is 100. The van der Waals surface area contributed by atoms with E-state index in [1.807, 2.05) is 0 Å². The van der Waals surface area contributed by atoms with Crippen LogP contribution in [0.15, 0.2) is 12.2 Å². The van der Waals surface area contributed by atoms with Crippen molar-refractivity contribution in [3.63, 3.8) is 0 Å². The minimum atomic E-state index is -0.662. The molecule has 0 saturated carbocycles. The molecule has 0 aliphatic heterocycles. The number of hydrogen-bond donors (Lipinski definition) is 3. The quantitative estimate of drug-likeness (QED) is 0.0320. The van der Waals surface area contributed by atoms with Gasteiger partial charge in [0.25, 0.3) is 0 Å². The molecule has 0 aliphatic carbocycles. The zero-order valence-corrected chi connectivity index (χ0v) is 61.0. The molecule has 0 saturated heterocycles. The maximum absolute atomic E-state index is 12.6. The number of allylic oxidation sites excluding steroid dienone is 2. The Morgan fingerprint density at radius 3 is 0.798 bits per heavy atom. The summed E-state index contributed by atoms with van der Waals surface area (Å²) in [5, 5.41) is 23.4. The van der Waals surface area contributed by atoms with Crippen LogP contribution in [-0.2, 0) is 14.3 Å². The van der Waals surface area contributed by atoms with E-state index >= 15 is 0 Å². The van der Waals surface area contributed by atoms with Gasteiger partial charge in [0.1, 0.15) is 0 Å². The van der Waals surface area contributed by atoms with Gasteiger partial charge in [0, 0.05) is 12.8 Å². The first-order valence-electron chi connectivity index (χ1n) is 41.4. The monoisotopic (exact) mass is 1250 g/mol. The number of rotatable bonds is 79. The van der Waals surface area contributed by atoms with E-state index in [0.717, 1.165) is 38.5 Å². The van der Waals surface area contributed by atoms with Crippen LogP contribution in [0.25, 0.3) is 0 Å². The van der Waals surface area contributed by atoms with Crippen LogP contribution in [0, 0.1) is 0 Å². The molecule has 6 heteroatoms. The van der Waals surface area contributed by atoms with Crippen LogP contribution in [0.5, 0.6) is 0 Å². The van der Waals surface area contributed by atoms with Gasteiger partial charge in [-0.25, -0.2) is 0 Å². The Balaban J connectivity index is 3.32. The smallest absolute Gasteiger partial charge is 0.305 e. The molecular formula is C83H163NO5. The number of unbranched alkanes of at least 4 members (excludes halogenated alkanes) is 66. The molecule has 6 nitrogen and oxygen atoms in total. The van der Waals surface area contributed by atoms with Crippen molar-refractivity contribution >= 4 is 11.9 Å². The number of amides is 1. The van der Waals surface area contributed by atoms with E-state index in [9.17, 15) is 19.8 Å². The van der Waals surface area contributed by atoms with Crippen molar-refractivity contribution in [3.8, 4) is 0 Å². The van der Waals surface area contributed by atoms with Gasteiger partial charge in [0.05, 0.1) is 25.4 Å². The van der Waals surface area contributed by atoms with Crippen LogP contribution in [0.1, 0.15) is 483 Å². The average Bonchev–Trinajstić information content (AvgIpc) is 3.59. The van der Waals surface area contributed by atoms with E-state index in [1.54, 1.807) is 0 Å². The van der Waals surface area contributed by atoms with E-state index < -0.39 is 12.1 Å². The molecule has 89 heavy (non-hydrogen) atoms. The molecule has 0 spiro atoms. The van der Waals surface area contributed by atoms with Crippen molar-refractivity contribution in [2.75, 3.05) is 13.2 Å². The molecule has 0 radical (unpaired) electrons. The van der Waals surface area contributed by atoms with Gasteiger partial charge in [-0.1, -0.05) is 431 Å². The Labute approximate surface area is 559 Å². The van der Waals surface area contributed by atoms with Crippen molar-refractivity contribution in [2.24, 2.45) is 0 Å². The lowest BCUT2D eigenvalue weighted by Gasteiger charge is -2.22. The van der Waals surface area contributed by atoms with Crippen molar-refractivity contribution in [3.05, 3.63) is 12.2 Å². The third-order valence-corrected chi connectivity index (χ3v) is 19.8. The molecule has 0 bridgehead atoms. The van der Waals surface area contributed by atoms with Crippen molar-refractivity contribution < 1.29 is 24.5 Å². The number of nitrogens with one attached hydrogen (secondary N) is 1. The summed E-state index contributed by atoms with van der Waals surface area (Å²) in [5.41, 5.74) is 0. The van der Waals surface area contributed by atoms with E-state index in [1.165, 1.54) is 411 Å². The summed E-state index contributed by atoms with van der Waals surface area (Å²) in [4.78, 5) is 24.7. The fourth-order valence-corrected chi connectivity index (χ4v) is 13.5. The van der Waals surface area contributed by atoms with E-state index in [2.05, 4.69) is 31.3 Å². The fourth-order valence-electron chi connectivity index (χ4n) is 13.5. The van der Waals surface area contributed by atoms with Crippen LogP contribution in [0.4, 0.5) is 0 Å². The predicted molar refractivity (Wildman–Crippen MR) is 394 cm³/mol. The number of esters is 1. The summed E-state index contributed by atoms with van der Waals surface area (Å²) in [6.45, 7) is 5.02. The highest BCUT2D eigenvalue weighted by Gasteiger charge is 2.20. The van der Waals surface area contributed by atoms with Gasteiger partial charge in [0.2, 0.25) is 5.91 Å². The number of carbonyl (C=O) groups excluding carboxylic acids is 2. The summed E-state index contributed by atoms with van der Waals surface area (Å²) in [5.74, 6) is 0.000661. The lowest BCUT2D eigenvalue weighted by molar-refractivity contribution is -0.143. The normalized spacial score (nSPS) is 12.4. The fraction of sp³-hybridized carbons (Fsp3) is 0.952. The Hall–Kier alpha value is -1.40. The Kier molecular flexibility index (Phi) is 77.8. The number of hydrogen-bond acceptors (Lipinski definition) is 5. The summed E-state index contributed by atoms with van der Waals surface area (Å²) >= 11 is 0. The Bertz CT molecular complexity index is 1350. The summed E-state index contributed by atoms with van der Waals surface area (Å²) < 4.78 is 5.51. The molecule has 0 aromatic rings. The molecule has 0 aromatic heterocycles. The Morgan fingerprint density at radius 2 is 0.528 bits per heavy atom. The number of aliphatic hydroxyl groups excluding tert-OH is 2. The Morgan fingerprint density at radius 1 is 0.303 bits per heavy atom. The first-order chi connectivity index (χ1) is 44.0. The first-order valence-corrected chi connectivity index (χ1v) is 41.4. The van der Waals surface area contributed by atoms with Crippen LogP contribution in [0.2, 0.25) is 0 Å². The molecular weight excluding hydrogens is 1090 g/mol. The SMILES string of the molecule is CCCCCCCCCCCCCCCCCCCCCC(O)C(CO)NC(=O)CCCCCCCCCCCCCCCCCCC/C=C\CCCCCCCCCCCCCCCCCCOC(=O)CCCCCCCCCCCCCCCCCC. The topological polar surface area (TPSA) is 95.9 Å². The van der Waals surface area contributed by atoms with Gasteiger partial charge in [-0.3, -0.25) is 9.59 Å². The molecule has 0 aromatic carbocycles. The lowest BCUT2D eigenvalue weighted by Crippen LogP contribution is -2.45. The van der Waals surface area contributed by atoms with Crippen LogP contribution in [0.3, 0.4) is 0 Å². The maximum atomic E-state index is 12.6. The molecule has 0 rings (SSSR count). The number of aliphatic hydroxyl groups is 2. The van der Waals surface area contributed by atoms with Crippen LogP contribution >= 0.6 is 0 Å². The highest BCUT2D eigenvalue weighted by molar-refractivity contribution is 5.76. The zero-order chi connectivity index (χ0) is 64.2. The number of carbonyl (C=O) groups is 2. The molecule has 0 heterocycles. The highest BCUT2D eigenvalue weighted by atomic mass is 16.5. The molecule has 1 amide bonds. The van der Waals surface area contributed by atoms with E-state index in [-0.39, 0.29) is 18.5 Å². The molecule has 2 unspecified atom stereocenters. The van der Waals surface area contributed by atoms with Crippen molar-refractivity contribution in [1.82, 2.24) is 5.32 Å². The summed E-state index contributed by atoms with van der Waals surface area (Å²) in [6, 6.07) is -0.538. The second kappa shape index (κ2) is 79.0. The standard InChI is InChI=1S/C83H163NO5/c1-3-5-7-9-11-13-15-17-19-21-41-44-47-51-55-59-63-67-71-75-81(86)80(79-85)84-82(87)76-72-68-64-60-56-52-48-45-42-39-37-35-33-31-29-27-25-23-22-24-26-28-30-32-34-36-38-40-43-46-50-54-58-62-66-70-74-78-89-83(88)77-73-69-65-61-57-53-49-20-18-16-14-12-10-8-6-4-2/h22,24,80-81,85-86H,3-21,23,25-79H2,1-2H3,(H,84,87)/b24-22-. The van der Waals surface area contributed by atoms with E-state index in [0.29, 0.717) is 25.9 Å². The second-order valence-corrected chi connectivity index (χ2v) is 28.8. The van der Waals surface area contributed by atoms with Crippen LogP contribution < -0.4 is 5.32 Å².